The maximum atomic E-state index is 13.0. The lowest BCUT2D eigenvalue weighted by Crippen LogP contribution is -2.27. The third-order valence-electron chi connectivity index (χ3n) is 4.27. The van der Waals surface area contributed by atoms with Crippen LogP contribution in [0.4, 0.5) is 8.78 Å². The molecule has 2 aromatic rings. The predicted octanol–water partition coefficient (Wildman–Crippen LogP) is 3.73. The van der Waals surface area contributed by atoms with Gasteiger partial charge < -0.3 is 5.32 Å². The van der Waals surface area contributed by atoms with Crippen LogP contribution < -0.4 is 5.32 Å². The Morgan fingerprint density at radius 1 is 1.30 bits per heavy atom. The second-order valence-corrected chi connectivity index (χ2v) is 6.00. The first-order chi connectivity index (χ1) is 11.0. The van der Waals surface area contributed by atoms with Gasteiger partial charge in [-0.15, -0.1) is 0 Å². The number of carbonyl (C=O) groups is 1. The summed E-state index contributed by atoms with van der Waals surface area (Å²) in [7, 11) is 1.40. The first-order valence-electron chi connectivity index (χ1n) is 7.68. The molecule has 0 bridgehead atoms. The Morgan fingerprint density at radius 2 is 1.96 bits per heavy atom. The van der Waals surface area contributed by atoms with E-state index in [0.717, 1.165) is 10.2 Å². The summed E-state index contributed by atoms with van der Waals surface area (Å²) >= 11 is 0. The van der Waals surface area contributed by atoms with Crippen molar-refractivity contribution in [1.82, 2.24) is 15.1 Å². The average Bonchev–Trinajstić information content (AvgIpc) is 3.29. The van der Waals surface area contributed by atoms with E-state index >= 15 is 0 Å². The minimum absolute atomic E-state index is 0.0797. The summed E-state index contributed by atoms with van der Waals surface area (Å²) in [5, 5.41) is 6.51. The van der Waals surface area contributed by atoms with Crippen LogP contribution in [0.5, 0.6) is 0 Å². The highest BCUT2D eigenvalue weighted by Crippen LogP contribution is 2.40. The lowest BCUT2D eigenvalue weighted by molar-refractivity contribution is 0.0923. The fourth-order valence-corrected chi connectivity index (χ4v) is 2.71. The fraction of sp³-hybridized carbons (Fsp3) is 0.412. The quantitative estimate of drug-likeness (QED) is 0.913. The molecule has 1 aromatic carbocycles. The number of nitrogens with zero attached hydrogens (tertiary/aromatic N) is 2. The Kier molecular flexibility index (Phi) is 4.15. The first kappa shape index (κ1) is 15.6. The molecule has 0 radical (unpaired) electrons. The summed E-state index contributed by atoms with van der Waals surface area (Å²) in [5.41, 5.74) is 1.83. The maximum Gasteiger partial charge on any atom is 0.280 e. The Bertz CT molecular complexity index is 705. The highest BCUT2D eigenvalue weighted by molar-refractivity contribution is 5.95. The molecule has 1 unspecified atom stereocenters. The highest BCUT2D eigenvalue weighted by Gasteiger charge is 2.25. The molecule has 122 valence electrons. The molecule has 6 heteroatoms. The Morgan fingerprint density at radius 3 is 2.52 bits per heavy atom. The lowest BCUT2D eigenvalue weighted by Gasteiger charge is -2.15. The Balaban J connectivity index is 1.71. The van der Waals surface area contributed by atoms with Gasteiger partial charge >= 0.3 is 0 Å². The normalized spacial score (nSPS) is 15.7. The Labute approximate surface area is 133 Å². The highest BCUT2D eigenvalue weighted by atomic mass is 19.3. The lowest BCUT2D eigenvalue weighted by atomic mass is 10.0. The van der Waals surface area contributed by atoms with Gasteiger partial charge in [0.25, 0.3) is 12.3 Å². The van der Waals surface area contributed by atoms with Crippen LogP contribution in [0, 0.1) is 0 Å². The van der Waals surface area contributed by atoms with Crippen LogP contribution in [0.2, 0.25) is 0 Å². The monoisotopic (exact) mass is 319 g/mol. The molecule has 1 fully saturated rings. The molecule has 1 aromatic heterocycles. The molecular formula is C17H19F2N3O. The van der Waals surface area contributed by atoms with E-state index in [1.165, 1.54) is 31.6 Å². The van der Waals surface area contributed by atoms with Crippen molar-refractivity contribution in [2.75, 3.05) is 0 Å². The number of carbonyl (C=O) groups excluding carboxylic acids is 1. The number of alkyl halides is 2. The molecule has 3 rings (SSSR count). The largest absolute Gasteiger partial charge is 0.345 e. The number of hydrogen-bond donors (Lipinski definition) is 1. The zero-order valence-corrected chi connectivity index (χ0v) is 13.1. The van der Waals surface area contributed by atoms with Crippen molar-refractivity contribution >= 4 is 5.91 Å². The molecule has 1 heterocycles. The molecule has 1 amide bonds. The summed E-state index contributed by atoms with van der Waals surface area (Å²) in [6.45, 7) is 1.84. The predicted molar refractivity (Wildman–Crippen MR) is 82.5 cm³/mol. The molecule has 1 aliphatic carbocycles. The SMILES string of the molecule is CC(NC(=O)c1cnn(C)c1C(F)F)c1ccc(C2CC2)cc1. The summed E-state index contributed by atoms with van der Waals surface area (Å²) in [6, 6.07) is 7.85. The smallest absolute Gasteiger partial charge is 0.280 e. The van der Waals surface area contributed by atoms with E-state index < -0.39 is 12.3 Å². The van der Waals surface area contributed by atoms with E-state index in [2.05, 4.69) is 22.5 Å². The number of hydrogen-bond acceptors (Lipinski definition) is 2. The molecule has 0 aliphatic heterocycles. The molecule has 1 aliphatic rings. The molecule has 1 N–H and O–H groups in total. The van der Waals surface area contributed by atoms with Gasteiger partial charge in [0.1, 0.15) is 5.69 Å². The van der Waals surface area contributed by atoms with Gasteiger partial charge in [-0.1, -0.05) is 24.3 Å². The second kappa shape index (κ2) is 6.10. The van der Waals surface area contributed by atoms with Gasteiger partial charge in [0.05, 0.1) is 17.8 Å². The minimum Gasteiger partial charge on any atom is -0.345 e. The van der Waals surface area contributed by atoms with Crippen molar-refractivity contribution in [2.45, 2.75) is 38.2 Å². The van der Waals surface area contributed by atoms with Crippen LogP contribution >= 0.6 is 0 Å². The molecule has 0 spiro atoms. The number of nitrogens with one attached hydrogen (secondary N) is 1. The van der Waals surface area contributed by atoms with E-state index in [9.17, 15) is 13.6 Å². The van der Waals surface area contributed by atoms with Gasteiger partial charge in [-0.3, -0.25) is 9.48 Å². The van der Waals surface area contributed by atoms with Crippen molar-refractivity contribution < 1.29 is 13.6 Å². The van der Waals surface area contributed by atoms with Crippen LogP contribution in [0.25, 0.3) is 0 Å². The number of halogens is 2. The molecule has 1 atom stereocenters. The van der Waals surface area contributed by atoms with Crippen molar-refractivity contribution in [1.29, 1.82) is 0 Å². The summed E-state index contributed by atoms with van der Waals surface area (Å²) in [6.07, 6.45) is 0.919. The number of aromatic nitrogens is 2. The Hall–Kier alpha value is -2.24. The summed E-state index contributed by atoms with van der Waals surface area (Å²) in [4.78, 5) is 12.3. The van der Waals surface area contributed by atoms with Gasteiger partial charge in [-0.05, 0) is 36.8 Å². The van der Waals surface area contributed by atoms with Crippen LogP contribution in [0.15, 0.2) is 30.5 Å². The van der Waals surface area contributed by atoms with E-state index in [4.69, 9.17) is 0 Å². The van der Waals surface area contributed by atoms with Crippen molar-refractivity contribution in [2.24, 2.45) is 7.05 Å². The van der Waals surface area contributed by atoms with Crippen molar-refractivity contribution in [3.63, 3.8) is 0 Å². The van der Waals surface area contributed by atoms with Crippen LogP contribution in [-0.4, -0.2) is 15.7 Å². The van der Waals surface area contributed by atoms with E-state index in [0.29, 0.717) is 5.92 Å². The fourth-order valence-electron chi connectivity index (χ4n) is 2.71. The average molecular weight is 319 g/mol. The van der Waals surface area contributed by atoms with Gasteiger partial charge in [0, 0.05) is 7.05 Å². The molecule has 23 heavy (non-hydrogen) atoms. The second-order valence-electron chi connectivity index (χ2n) is 6.00. The van der Waals surface area contributed by atoms with Gasteiger partial charge in [0.15, 0.2) is 0 Å². The number of amides is 1. The number of rotatable bonds is 5. The zero-order chi connectivity index (χ0) is 16.6. The standard InChI is InChI=1S/C17H19F2N3O/c1-10(11-3-5-12(6-4-11)13-7-8-13)21-17(23)14-9-20-22(2)15(14)16(18)19/h3-6,9-10,13,16H,7-8H2,1-2H3,(H,21,23). The topological polar surface area (TPSA) is 46.9 Å². The van der Waals surface area contributed by atoms with Crippen LogP contribution in [0.3, 0.4) is 0 Å². The number of aryl methyl sites for hydroxylation is 1. The van der Waals surface area contributed by atoms with Crippen LogP contribution in [0.1, 0.15) is 65.3 Å². The maximum absolute atomic E-state index is 13.0. The molecular weight excluding hydrogens is 300 g/mol. The molecule has 0 saturated heterocycles. The summed E-state index contributed by atoms with van der Waals surface area (Å²) in [5.74, 6) is 0.144. The van der Waals surface area contributed by atoms with E-state index in [1.54, 1.807) is 0 Å². The first-order valence-corrected chi connectivity index (χ1v) is 7.68. The molecule has 1 saturated carbocycles. The van der Waals surface area contributed by atoms with Crippen molar-refractivity contribution in [3.05, 3.63) is 52.8 Å². The number of benzene rings is 1. The van der Waals surface area contributed by atoms with Crippen molar-refractivity contribution in [3.8, 4) is 0 Å². The van der Waals surface area contributed by atoms with Gasteiger partial charge in [-0.2, -0.15) is 5.10 Å². The van der Waals surface area contributed by atoms with Crippen LogP contribution in [-0.2, 0) is 7.05 Å². The summed E-state index contributed by atoms with van der Waals surface area (Å²) < 4.78 is 27.1. The zero-order valence-electron chi connectivity index (χ0n) is 13.1. The van der Waals surface area contributed by atoms with Gasteiger partial charge in [0.2, 0.25) is 0 Å². The third-order valence-corrected chi connectivity index (χ3v) is 4.27. The minimum atomic E-state index is -2.74. The van der Waals surface area contributed by atoms with E-state index in [1.807, 2.05) is 19.1 Å². The van der Waals surface area contributed by atoms with Gasteiger partial charge in [-0.25, -0.2) is 8.78 Å². The molecule has 4 nitrogen and oxygen atoms in total. The third kappa shape index (κ3) is 3.25. The van der Waals surface area contributed by atoms with E-state index in [-0.39, 0.29) is 17.3 Å².